The van der Waals surface area contributed by atoms with E-state index < -0.39 is 0 Å². The van der Waals surface area contributed by atoms with Gasteiger partial charge in [0.2, 0.25) is 11.2 Å². The molecule has 21 heavy (non-hydrogen) atoms. The lowest BCUT2D eigenvalue weighted by Gasteiger charge is -2.23. The van der Waals surface area contributed by atoms with E-state index in [1.165, 1.54) is 0 Å². The van der Waals surface area contributed by atoms with Gasteiger partial charge in [-0.25, -0.2) is 0 Å². The van der Waals surface area contributed by atoms with Crippen LogP contribution >= 0.6 is 11.6 Å². The summed E-state index contributed by atoms with van der Waals surface area (Å²) >= 11 is 5.99. The van der Waals surface area contributed by atoms with Gasteiger partial charge in [-0.15, -0.1) is 0 Å². The first-order chi connectivity index (χ1) is 10.0. The van der Waals surface area contributed by atoms with Gasteiger partial charge < -0.3 is 9.64 Å². The molecule has 0 saturated heterocycles. The second-order valence-corrected chi connectivity index (χ2v) is 5.22. The van der Waals surface area contributed by atoms with Gasteiger partial charge in [-0.3, -0.25) is 0 Å². The van der Waals surface area contributed by atoms with Gasteiger partial charge in [0.05, 0.1) is 6.10 Å². The monoisotopic (exact) mass is 306 g/mol. The SMILES string of the molecule is CCN(c1nc(Cl)nc(OC(C)C)n1)c1ccccc1C. The van der Waals surface area contributed by atoms with Gasteiger partial charge in [-0.1, -0.05) is 18.2 Å². The molecule has 0 aliphatic heterocycles. The summed E-state index contributed by atoms with van der Waals surface area (Å²) in [6.07, 6.45) is -0.0233. The van der Waals surface area contributed by atoms with Crippen LogP contribution in [0.2, 0.25) is 5.28 Å². The van der Waals surface area contributed by atoms with Crippen molar-refractivity contribution in [3.05, 3.63) is 35.1 Å². The van der Waals surface area contributed by atoms with E-state index in [2.05, 4.69) is 15.0 Å². The van der Waals surface area contributed by atoms with Crippen molar-refractivity contribution in [2.45, 2.75) is 33.8 Å². The highest BCUT2D eigenvalue weighted by molar-refractivity contribution is 6.28. The van der Waals surface area contributed by atoms with Crippen LogP contribution in [0.1, 0.15) is 26.3 Å². The van der Waals surface area contributed by atoms with Gasteiger partial charge in [-0.05, 0) is 50.9 Å². The molecule has 0 spiro atoms. The summed E-state index contributed by atoms with van der Waals surface area (Å²) in [6.45, 7) is 8.62. The molecule has 1 aromatic carbocycles. The topological polar surface area (TPSA) is 51.1 Å². The van der Waals surface area contributed by atoms with Crippen LogP contribution in [0.3, 0.4) is 0 Å². The van der Waals surface area contributed by atoms with Crippen molar-refractivity contribution in [2.24, 2.45) is 0 Å². The number of aromatic nitrogens is 3. The molecule has 0 N–H and O–H groups in total. The van der Waals surface area contributed by atoms with Crippen molar-refractivity contribution >= 4 is 23.2 Å². The first kappa shape index (κ1) is 15.5. The summed E-state index contributed by atoms with van der Waals surface area (Å²) in [5.74, 6) is 0.488. The fourth-order valence-electron chi connectivity index (χ4n) is 1.99. The Hall–Kier alpha value is -1.88. The van der Waals surface area contributed by atoms with Gasteiger partial charge in [0.15, 0.2) is 0 Å². The van der Waals surface area contributed by atoms with Crippen LogP contribution in [0, 0.1) is 6.92 Å². The number of rotatable bonds is 5. The summed E-state index contributed by atoms with van der Waals surface area (Å²) in [4.78, 5) is 14.6. The first-order valence-electron chi connectivity index (χ1n) is 6.92. The van der Waals surface area contributed by atoms with E-state index in [4.69, 9.17) is 16.3 Å². The van der Waals surface area contributed by atoms with Crippen molar-refractivity contribution in [1.29, 1.82) is 0 Å². The second kappa shape index (κ2) is 6.72. The van der Waals surface area contributed by atoms with E-state index in [-0.39, 0.29) is 17.4 Å². The number of anilines is 2. The maximum atomic E-state index is 5.99. The Labute approximate surface area is 130 Å². The van der Waals surface area contributed by atoms with Gasteiger partial charge in [0.1, 0.15) is 0 Å². The van der Waals surface area contributed by atoms with Crippen LogP contribution in [0.15, 0.2) is 24.3 Å². The Morgan fingerprint density at radius 1 is 1.19 bits per heavy atom. The highest BCUT2D eigenvalue weighted by Crippen LogP contribution is 2.27. The minimum atomic E-state index is -0.0233. The van der Waals surface area contributed by atoms with Crippen LogP contribution in [0.5, 0.6) is 6.01 Å². The molecule has 0 aliphatic rings. The van der Waals surface area contributed by atoms with Crippen LogP contribution in [0.25, 0.3) is 0 Å². The molecule has 0 unspecified atom stereocenters. The Bertz CT molecular complexity index is 618. The van der Waals surface area contributed by atoms with Crippen molar-refractivity contribution in [1.82, 2.24) is 15.0 Å². The largest absolute Gasteiger partial charge is 0.461 e. The molecule has 112 valence electrons. The molecule has 0 atom stereocenters. The number of hydrogen-bond acceptors (Lipinski definition) is 5. The van der Waals surface area contributed by atoms with Gasteiger partial charge in [-0.2, -0.15) is 15.0 Å². The van der Waals surface area contributed by atoms with Gasteiger partial charge in [0, 0.05) is 12.2 Å². The average molecular weight is 307 g/mol. The summed E-state index contributed by atoms with van der Waals surface area (Å²) < 4.78 is 5.52. The van der Waals surface area contributed by atoms with Crippen molar-refractivity contribution < 1.29 is 4.74 Å². The quantitative estimate of drug-likeness (QED) is 0.841. The molecule has 1 aromatic heterocycles. The van der Waals surface area contributed by atoms with Crippen LogP contribution in [-0.2, 0) is 0 Å². The average Bonchev–Trinajstić information content (AvgIpc) is 2.40. The summed E-state index contributed by atoms with van der Waals surface area (Å²) in [7, 11) is 0. The van der Waals surface area contributed by atoms with Gasteiger partial charge >= 0.3 is 6.01 Å². The van der Waals surface area contributed by atoms with Crippen LogP contribution in [-0.4, -0.2) is 27.6 Å². The highest BCUT2D eigenvalue weighted by Gasteiger charge is 2.16. The molecular weight excluding hydrogens is 288 g/mol. The molecule has 0 fully saturated rings. The molecule has 6 heteroatoms. The van der Waals surface area contributed by atoms with Crippen LogP contribution < -0.4 is 9.64 Å². The first-order valence-corrected chi connectivity index (χ1v) is 7.30. The van der Waals surface area contributed by atoms with E-state index in [1.807, 2.05) is 56.9 Å². The third-order valence-corrected chi connectivity index (χ3v) is 3.05. The van der Waals surface area contributed by atoms with E-state index >= 15 is 0 Å². The molecule has 0 radical (unpaired) electrons. The van der Waals surface area contributed by atoms with Crippen molar-refractivity contribution in [2.75, 3.05) is 11.4 Å². The zero-order chi connectivity index (χ0) is 15.4. The number of hydrogen-bond donors (Lipinski definition) is 0. The molecule has 2 rings (SSSR count). The third kappa shape index (κ3) is 3.82. The standard InChI is InChI=1S/C15H19ClN4O/c1-5-20(12-9-7-6-8-11(12)4)14-17-13(16)18-15(19-14)21-10(2)3/h6-10H,5H2,1-4H3. The lowest BCUT2D eigenvalue weighted by Crippen LogP contribution is -2.21. The molecule has 2 aromatic rings. The number of benzene rings is 1. The maximum absolute atomic E-state index is 5.99. The second-order valence-electron chi connectivity index (χ2n) is 4.88. The van der Waals surface area contributed by atoms with E-state index in [9.17, 15) is 0 Å². The van der Waals surface area contributed by atoms with Crippen molar-refractivity contribution in [3.8, 4) is 6.01 Å². The summed E-state index contributed by atoms with van der Waals surface area (Å²) in [6, 6.07) is 8.30. The number of nitrogens with zero attached hydrogens (tertiary/aromatic N) is 4. The number of para-hydroxylation sites is 1. The Balaban J connectivity index is 2.43. The predicted octanol–water partition coefficient (Wildman–Crippen LogP) is 3.78. The number of aryl methyl sites for hydroxylation is 1. The molecular formula is C15H19ClN4O. The molecule has 0 saturated carbocycles. The smallest absolute Gasteiger partial charge is 0.322 e. The third-order valence-electron chi connectivity index (χ3n) is 2.88. The van der Waals surface area contributed by atoms with Crippen molar-refractivity contribution in [3.63, 3.8) is 0 Å². The number of ether oxygens (including phenoxy) is 1. The lowest BCUT2D eigenvalue weighted by molar-refractivity contribution is 0.221. The molecule has 5 nitrogen and oxygen atoms in total. The number of halogens is 1. The maximum Gasteiger partial charge on any atom is 0.322 e. The van der Waals surface area contributed by atoms with Gasteiger partial charge in [0.25, 0.3) is 0 Å². The summed E-state index contributed by atoms with van der Waals surface area (Å²) in [5.41, 5.74) is 2.18. The Morgan fingerprint density at radius 2 is 1.90 bits per heavy atom. The van der Waals surface area contributed by atoms with E-state index in [1.54, 1.807) is 0 Å². The Kier molecular flexibility index (Phi) is 4.96. The minimum absolute atomic E-state index is 0.0233. The molecule has 1 heterocycles. The zero-order valence-corrected chi connectivity index (χ0v) is 13.4. The fourth-order valence-corrected chi connectivity index (χ4v) is 2.14. The summed E-state index contributed by atoms with van der Waals surface area (Å²) in [5, 5.41) is 0.127. The normalized spacial score (nSPS) is 10.8. The highest BCUT2D eigenvalue weighted by atomic mass is 35.5. The molecule has 0 amide bonds. The molecule has 0 aliphatic carbocycles. The van der Waals surface area contributed by atoms with E-state index in [0.29, 0.717) is 12.5 Å². The predicted molar refractivity (Wildman–Crippen MR) is 84.5 cm³/mol. The fraction of sp³-hybridized carbons (Fsp3) is 0.400. The Morgan fingerprint density at radius 3 is 2.52 bits per heavy atom. The van der Waals surface area contributed by atoms with Crippen LogP contribution in [0.4, 0.5) is 11.6 Å². The lowest BCUT2D eigenvalue weighted by atomic mass is 10.2. The zero-order valence-electron chi connectivity index (χ0n) is 12.7. The minimum Gasteiger partial charge on any atom is -0.461 e. The van der Waals surface area contributed by atoms with E-state index in [0.717, 1.165) is 11.3 Å². The molecule has 0 bridgehead atoms.